The number of hydrogen-bond acceptors (Lipinski definition) is 5. The van der Waals surface area contributed by atoms with Crippen LogP contribution in [0.5, 0.6) is 17.2 Å². The lowest BCUT2D eigenvalue weighted by Crippen LogP contribution is -2.25. The summed E-state index contributed by atoms with van der Waals surface area (Å²) in [5.74, 6) is 1.60. The molecule has 29 heavy (non-hydrogen) atoms. The Kier molecular flexibility index (Phi) is 8.08. The van der Waals surface area contributed by atoms with Crippen LogP contribution in [-0.4, -0.2) is 32.4 Å². The second kappa shape index (κ2) is 10.3. The van der Waals surface area contributed by atoms with Crippen molar-refractivity contribution in [2.75, 3.05) is 20.3 Å². The number of nitrogens with one attached hydrogen (secondary N) is 1. The molecule has 0 saturated carbocycles. The first-order valence-corrected chi connectivity index (χ1v) is 10.1. The smallest absolute Gasteiger partial charge is 0.277 e. The summed E-state index contributed by atoms with van der Waals surface area (Å²) in [6.07, 6.45) is 1.54. The van der Waals surface area contributed by atoms with E-state index in [2.05, 4.69) is 47.2 Å². The molecule has 1 N–H and O–H groups in total. The van der Waals surface area contributed by atoms with Crippen LogP contribution in [-0.2, 0) is 10.2 Å². The Bertz CT molecular complexity index is 876. The van der Waals surface area contributed by atoms with Gasteiger partial charge in [0.2, 0.25) is 0 Å². The molecule has 0 saturated heterocycles. The van der Waals surface area contributed by atoms with E-state index < -0.39 is 0 Å². The minimum absolute atomic E-state index is 0.111. The van der Waals surface area contributed by atoms with Crippen molar-refractivity contribution in [1.29, 1.82) is 0 Å². The molecule has 2 aromatic rings. The van der Waals surface area contributed by atoms with Crippen LogP contribution < -0.4 is 19.6 Å². The van der Waals surface area contributed by atoms with Gasteiger partial charge in [-0.15, -0.1) is 0 Å². The summed E-state index contributed by atoms with van der Waals surface area (Å²) >= 11 is 3.48. The number of benzene rings is 2. The summed E-state index contributed by atoms with van der Waals surface area (Å²) in [5, 5.41) is 3.98. The highest BCUT2D eigenvalue weighted by atomic mass is 79.9. The summed E-state index contributed by atoms with van der Waals surface area (Å²) in [5.41, 5.74) is 4.15. The number of hydrogen-bond donors (Lipinski definition) is 1. The zero-order valence-electron chi connectivity index (χ0n) is 17.4. The second-order valence-corrected chi connectivity index (χ2v) is 8.23. The minimum atomic E-state index is -0.345. The Morgan fingerprint density at radius 2 is 1.83 bits per heavy atom. The third-order valence-electron chi connectivity index (χ3n) is 4.00. The highest BCUT2D eigenvalue weighted by Crippen LogP contribution is 2.33. The number of rotatable bonds is 8. The Morgan fingerprint density at radius 1 is 1.10 bits per heavy atom. The fourth-order valence-electron chi connectivity index (χ4n) is 2.61. The monoisotopic (exact) mass is 462 g/mol. The van der Waals surface area contributed by atoms with Gasteiger partial charge in [0.05, 0.1) is 19.9 Å². The van der Waals surface area contributed by atoms with Crippen molar-refractivity contribution >= 4 is 28.1 Å². The fraction of sp³-hybridized carbons (Fsp3) is 0.364. The molecule has 156 valence electrons. The molecule has 2 aromatic carbocycles. The number of halogens is 1. The van der Waals surface area contributed by atoms with Crippen LogP contribution in [0.3, 0.4) is 0 Å². The first kappa shape index (κ1) is 22.7. The van der Waals surface area contributed by atoms with Crippen molar-refractivity contribution in [3.63, 3.8) is 0 Å². The average molecular weight is 463 g/mol. The van der Waals surface area contributed by atoms with Gasteiger partial charge >= 0.3 is 0 Å². The third kappa shape index (κ3) is 6.78. The zero-order valence-corrected chi connectivity index (χ0v) is 19.0. The normalized spacial score (nSPS) is 11.4. The maximum absolute atomic E-state index is 12.1. The molecular formula is C22H27BrN2O4. The maximum atomic E-state index is 12.1. The van der Waals surface area contributed by atoms with E-state index in [1.165, 1.54) is 6.21 Å². The van der Waals surface area contributed by atoms with Crippen molar-refractivity contribution in [2.24, 2.45) is 5.10 Å². The van der Waals surface area contributed by atoms with E-state index in [1.807, 2.05) is 31.2 Å². The van der Waals surface area contributed by atoms with Gasteiger partial charge in [-0.3, -0.25) is 4.79 Å². The van der Waals surface area contributed by atoms with Gasteiger partial charge in [0.25, 0.3) is 5.91 Å². The molecule has 0 fully saturated rings. The van der Waals surface area contributed by atoms with Crippen LogP contribution in [0.15, 0.2) is 46.0 Å². The number of hydrazone groups is 1. The van der Waals surface area contributed by atoms with E-state index in [0.717, 1.165) is 15.6 Å². The van der Waals surface area contributed by atoms with Crippen molar-refractivity contribution in [1.82, 2.24) is 5.43 Å². The van der Waals surface area contributed by atoms with Crippen LogP contribution in [0.25, 0.3) is 0 Å². The van der Waals surface area contributed by atoms with Crippen molar-refractivity contribution < 1.29 is 19.0 Å². The Hall–Kier alpha value is -2.54. The minimum Gasteiger partial charge on any atom is -0.493 e. The Balaban J connectivity index is 1.96. The highest BCUT2D eigenvalue weighted by molar-refractivity contribution is 9.10. The topological polar surface area (TPSA) is 69.2 Å². The number of carbonyl (C=O) groups is 1. The average Bonchev–Trinajstić information content (AvgIpc) is 2.67. The molecule has 0 aliphatic heterocycles. The number of nitrogens with zero attached hydrogens (tertiary/aromatic N) is 1. The van der Waals surface area contributed by atoms with E-state index in [1.54, 1.807) is 19.2 Å². The molecule has 0 aliphatic carbocycles. The van der Waals surface area contributed by atoms with Gasteiger partial charge in [0, 0.05) is 10.0 Å². The molecule has 0 aliphatic rings. The van der Waals surface area contributed by atoms with Gasteiger partial charge in [0.1, 0.15) is 5.75 Å². The zero-order chi connectivity index (χ0) is 21.4. The van der Waals surface area contributed by atoms with Crippen LogP contribution in [0, 0.1) is 0 Å². The summed E-state index contributed by atoms with van der Waals surface area (Å²) in [7, 11) is 1.58. The van der Waals surface area contributed by atoms with Crippen LogP contribution in [0.4, 0.5) is 0 Å². The molecule has 0 heterocycles. The first-order chi connectivity index (χ1) is 13.7. The largest absolute Gasteiger partial charge is 0.493 e. The highest BCUT2D eigenvalue weighted by Gasteiger charge is 2.20. The van der Waals surface area contributed by atoms with Crippen molar-refractivity contribution in [3.05, 3.63) is 52.0 Å². The summed E-state index contributed by atoms with van der Waals surface area (Å²) in [4.78, 5) is 12.1. The van der Waals surface area contributed by atoms with E-state index >= 15 is 0 Å². The molecule has 1 amide bonds. The molecule has 7 heteroatoms. The number of methoxy groups -OCH3 is 1. The third-order valence-corrected chi connectivity index (χ3v) is 4.49. The van der Waals surface area contributed by atoms with E-state index in [-0.39, 0.29) is 17.9 Å². The Morgan fingerprint density at radius 3 is 2.48 bits per heavy atom. The molecule has 6 nitrogen and oxygen atoms in total. The van der Waals surface area contributed by atoms with E-state index in [0.29, 0.717) is 23.9 Å². The van der Waals surface area contributed by atoms with Gasteiger partial charge in [0.15, 0.2) is 18.1 Å². The molecule has 0 spiro atoms. The molecule has 0 bridgehead atoms. The van der Waals surface area contributed by atoms with Gasteiger partial charge in [-0.05, 0) is 54.3 Å². The summed E-state index contributed by atoms with van der Waals surface area (Å²) < 4.78 is 17.5. The SMILES string of the molecule is CCOc1ccc(/C=N/NC(=O)COc2ccc(Br)cc2C(C)(C)C)cc1OC. The lowest BCUT2D eigenvalue weighted by atomic mass is 9.86. The van der Waals surface area contributed by atoms with Crippen LogP contribution >= 0.6 is 15.9 Å². The fourth-order valence-corrected chi connectivity index (χ4v) is 2.97. The lowest BCUT2D eigenvalue weighted by molar-refractivity contribution is -0.123. The van der Waals surface area contributed by atoms with Gasteiger partial charge in [-0.2, -0.15) is 5.10 Å². The maximum Gasteiger partial charge on any atom is 0.277 e. The summed E-state index contributed by atoms with van der Waals surface area (Å²) in [6, 6.07) is 11.2. The molecule has 0 atom stereocenters. The quantitative estimate of drug-likeness (QED) is 0.456. The van der Waals surface area contributed by atoms with Crippen LogP contribution in [0.2, 0.25) is 0 Å². The summed E-state index contributed by atoms with van der Waals surface area (Å²) in [6.45, 7) is 8.61. The lowest BCUT2D eigenvalue weighted by Gasteiger charge is -2.23. The predicted octanol–water partition coefficient (Wildman–Crippen LogP) is 4.68. The molecular weight excluding hydrogens is 436 g/mol. The van der Waals surface area contributed by atoms with Crippen molar-refractivity contribution in [3.8, 4) is 17.2 Å². The number of ether oxygens (including phenoxy) is 3. The number of carbonyl (C=O) groups excluding carboxylic acids is 1. The second-order valence-electron chi connectivity index (χ2n) is 7.32. The van der Waals surface area contributed by atoms with Crippen LogP contribution in [0.1, 0.15) is 38.8 Å². The van der Waals surface area contributed by atoms with Gasteiger partial charge in [-0.1, -0.05) is 36.7 Å². The Labute approximate surface area is 180 Å². The molecule has 2 rings (SSSR count). The van der Waals surface area contributed by atoms with Gasteiger partial charge in [-0.25, -0.2) is 5.43 Å². The molecule has 0 radical (unpaired) electrons. The predicted molar refractivity (Wildman–Crippen MR) is 118 cm³/mol. The molecule has 0 unspecified atom stereocenters. The van der Waals surface area contributed by atoms with Gasteiger partial charge < -0.3 is 14.2 Å². The van der Waals surface area contributed by atoms with Crippen molar-refractivity contribution in [2.45, 2.75) is 33.1 Å². The number of amides is 1. The first-order valence-electron chi connectivity index (χ1n) is 9.30. The van der Waals surface area contributed by atoms with E-state index in [4.69, 9.17) is 14.2 Å². The standard InChI is InChI=1S/C22H27BrN2O4/c1-6-28-19-9-7-15(11-20(19)27-5)13-24-25-21(26)14-29-18-10-8-16(23)12-17(18)22(2,3)4/h7-13H,6,14H2,1-5H3,(H,25,26)/b24-13+. The molecule has 0 aromatic heterocycles. The van der Waals surface area contributed by atoms with E-state index in [9.17, 15) is 4.79 Å².